The van der Waals surface area contributed by atoms with Crippen LogP contribution in [0.2, 0.25) is 0 Å². The second-order valence-electron chi connectivity index (χ2n) is 6.60. The molecule has 1 aromatic carbocycles. The average Bonchev–Trinajstić information content (AvgIpc) is 3.26. The lowest BCUT2D eigenvalue weighted by molar-refractivity contribution is -0.140. The van der Waals surface area contributed by atoms with E-state index in [1.54, 1.807) is 19.1 Å². The molecule has 0 radical (unpaired) electrons. The molecule has 7 nitrogen and oxygen atoms in total. The number of aromatic nitrogens is 1. The first-order valence-electron chi connectivity index (χ1n) is 9.25. The normalized spacial score (nSPS) is 16.4. The van der Waals surface area contributed by atoms with Gasteiger partial charge in [-0.05, 0) is 45.7 Å². The van der Waals surface area contributed by atoms with Gasteiger partial charge in [0.05, 0.1) is 23.9 Å². The van der Waals surface area contributed by atoms with Gasteiger partial charge in [0.1, 0.15) is 12.3 Å². The fourth-order valence-electron chi connectivity index (χ4n) is 3.63. The first-order chi connectivity index (χ1) is 13.0. The number of hydrogen-bond acceptors (Lipinski definition) is 6. The summed E-state index contributed by atoms with van der Waals surface area (Å²) < 4.78 is 10.2. The molecular formula is C20H25N3O4. The van der Waals surface area contributed by atoms with Gasteiger partial charge in [0.2, 0.25) is 0 Å². The van der Waals surface area contributed by atoms with Crippen LogP contribution in [0, 0.1) is 13.8 Å². The van der Waals surface area contributed by atoms with Crippen molar-refractivity contribution in [1.82, 2.24) is 10.1 Å². The maximum absolute atomic E-state index is 13.3. The van der Waals surface area contributed by atoms with Gasteiger partial charge in [0.15, 0.2) is 0 Å². The lowest BCUT2D eigenvalue weighted by Crippen LogP contribution is -2.32. The van der Waals surface area contributed by atoms with Crippen molar-refractivity contribution < 1.29 is 18.8 Å². The number of aryl methyl sites for hydroxylation is 2. The molecule has 27 heavy (non-hydrogen) atoms. The molecule has 7 heteroatoms. The third-order valence-corrected chi connectivity index (χ3v) is 4.82. The van der Waals surface area contributed by atoms with Crippen molar-refractivity contribution >= 4 is 17.6 Å². The number of esters is 1. The number of carbonyl (C=O) groups is 2. The minimum Gasteiger partial charge on any atom is -0.465 e. The highest BCUT2D eigenvalue weighted by Crippen LogP contribution is 2.37. The molecule has 1 saturated heterocycles. The van der Waals surface area contributed by atoms with Crippen LogP contribution in [0.25, 0.3) is 0 Å². The van der Waals surface area contributed by atoms with Crippen LogP contribution < -0.4 is 5.32 Å². The van der Waals surface area contributed by atoms with Crippen molar-refractivity contribution in [2.45, 2.75) is 39.7 Å². The molecular weight excluding hydrogens is 346 g/mol. The molecule has 2 aromatic rings. The maximum atomic E-state index is 13.3. The Morgan fingerprint density at radius 1 is 1.33 bits per heavy atom. The van der Waals surface area contributed by atoms with Crippen molar-refractivity contribution in [3.8, 4) is 0 Å². The summed E-state index contributed by atoms with van der Waals surface area (Å²) in [7, 11) is 0. The summed E-state index contributed by atoms with van der Waals surface area (Å²) in [5.41, 5.74) is 2.99. The van der Waals surface area contributed by atoms with Crippen LogP contribution in [-0.4, -0.2) is 41.6 Å². The lowest BCUT2D eigenvalue weighted by atomic mass is 10.0. The van der Waals surface area contributed by atoms with E-state index in [0.29, 0.717) is 24.4 Å². The third kappa shape index (κ3) is 3.97. The molecule has 0 saturated carbocycles. The summed E-state index contributed by atoms with van der Waals surface area (Å²) in [5.74, 6) is 0.338. The molecule has 1 aromatic heterocycles. The Kier molecular flexibility index (Phi) is 5.78. The number of likely N-dealkylation sites (tertiary alicyclic amines) is 1. The predicted molar refractivity (Wildman–Crippen MR) is 101 cm³/mol. The molecule has 0 spiro atoms. The Morgan fingerprint density at radius 3 is 2.81 bits per heavy atom. The van der Waals surface area contributed by atoms with E-state index in [-0.39, 0.29) is 24.5 Å². The summed E-state index contributed by atoms with van der Waals surface area (Å²) in [4.78, 5) is 26.8. The zero-order chi connectivity index (χ0) is 19.4. The quantitative estimate of drug-likeness (QED) is 0.785. The van der Waals surface area contributed by atoms with Crippen LogP contribution in [-0.2, 0) is 9.53 Å². The summed E-state index contributed by atoms with van der Waals surface area (Å²) in [6.45, 7) is 6.57. The second-order valence-corrected chi connectivity index (χ2v) is 6.60. The van der Waals surface area contributed by atoms with Crippen LogP contribution in [0.1, 0.15) is 53.2 Å². The number of rotatable bonds is 6. The number of anilines is 1. The highest BCUT2D eigenvalue weighted by atomic mass is 16.5. The van der Waals surface area contributed by atoms with E-state index in [4.69, 9.17) is 9.26 Å². The fraction of sp³-hybridized carbons (Fsp3) is 0.450. The summed E-state index contributed by atoms with van der Waals surface area (Å²) in [6.07, 6.45) is 1.81. The minimum absolute atomic E-state index is 0.0193. The van der Waals surface area contributed by atoms with Gasteiger partial charge in [0.25, 0.3) is 5.91 Å². The predicted octanol–water partition coefficient (Wildman–Crippen LogP) is 3.24. The van der Waals surface area contributed by atoms with Crippen molar-refractivity contribution in [3.05, 3.63) is 46.8 Å². The van der Waals surface area contributed by atoms with E-state index in [1.807, 2.05) is 30.9 Å². The van der Waals surface area contributed by atoms with Crippen LogP contribution in [0.3, 0.4) is 0 Å². The van der Waals surface area contributed by atoms with Gasteiger partial charge in [-0.2, -0.15) is 0 Å². The van der Waals surface area contributed by atoms with E-state index in [0.717, 1.165) is 29.9 Å². The van der Waals surface area contributed by atoms with Crippen molar-refractivity contribution in [1.29, 1.82) is 0 Å². The minimum atomic E-state index is -0.352. The van der Waals surface area contributed by atoms with Gasteiger partial charge in [0, 0.05) is 17.8 Å². The first kappa shape index (κ1) is 18.9. The standard InChI is InChI=1S/C20H25N3O4/c1-4-26-18(24)12-21-16-9-6-5-8-15(16)20(25)23-11-7-10-17(23)19-13(2)22-27-14(19)3/h5-6,8-9,17,21H,4,7,10-12H2,1-3H3/t17-/m1/s1. The molecule has 1 N–H and O–H groups in total. The molecule has 1 aliphatic heterocycles. The largest absolute Gasteiger partial charge is 0.465 e. The topological polar surface area (TPSA) is 84.7 Å². The highest BCUT2D eigenvalue weighted by Gasteiger charge is 2.34. The Labute approximate surface area is 158 Å². The van der Waals surface area contributed by atoms with Gasteiger partial charge in [-0.1, -0.05) is 17.3 Å². The monoisotopic (exact) mass is 371 g/mol. The number of para-hydroxylation sites is 1. The highest BCUT2D eigenvalue weighted by molar-refractivity contribution is 6.00. The number of nitrogens with one attached hydrogen (secondary N) is 1. The van der Waals surface area contributed by atoms with Crippen molar-refractivity contribution in [2.24, 2.45) is 0 Å². The first-order valence-corrected chi connectivity index (χ1v) is 9.25. The van der Waals surface area contributed by atoms with E-state index in [2.05, 4.69) is 10.5 Å². The molecule has 1 aliphatic rings. The maximum Gasteiger partial charge on any atom is 0.325 e. The van der Waals surface area contributed by atoms with Crippen molar-refractivity contribution in [3.63, 3.8) is 0 Å². The number of carbonyl (C=O) groups excluding carboxylic acids is 2. The zero-order valence-electron chi connectivity index (χ0n) is 15.9. The molecule has 0 bridgehead atoms. The Balaban J connectivity index is 1.82. The van der Waals surface area contributed by atoms with Crippen LogP contribution in [0.4, 0.5) is 5.69 Å². The summed E-state index contributed by atoms with van der Waals surface area (Å²) >= 11 is 0. The van der Waals surface area contributed by atoms with E-state index in [9.17, 15) is 9.59 Å². The Hall–Kier alpha value is -2.83. The smallest absolute Gasteiger partial charge is 0.325 e. The molecule has 2 heterocycles. The third-order valence-electron chi connectivity index (χ3n) is 4.82. The molecule has 1 amide bonds. The molecule has 3 rings (SSSR count). The lowest BCUT2D eigenvalue weighted by Gasteiger charge is -2.26. The van der Waals surface area contributed by atoms with Crippen LogP contribution >= 0.6 is 0 Å². The van der Waals surface area contributed by atoms with Gasteiger partial charge in [-0.3, -0.25) is 9.59 Å². The van der Waals surface area contributed by atoms with Gasteiger partial charge >= 0.3 is 5.97 Å². The van der Waals surface area contributed by atoms with E-state index in [1.165, 1.54) is 0 Å². The summed E-state index contributed by atoms with van der Waals surface area (Å²) in [6, 6.07) is 7.19. The van der Waals surface area contributed by atoms with Crippen LogP contribution in [0.5, 0.6) is 0 Å². The molecule has 1 fully saturated rings. The van der Waals surface area contributed by atoms with Gasteiger partial charge in [-0.15, -0.1) is 0 Å². The molecule has 144 valence electrons. The Morgan fingerprint density at radius 2 is 2.11 bits per heavy atom. The van der Waals surface area contributed by atoms with Gasteiger partial charge < -0.3 is 19.5 Å². The number of amides is 1. The second kappa shape index (κ2) is 8.24. The molecule has 1 atom stereocenters. The number of nitrogens with zero attached hydrogens (tertiary/aromatic N) is 2. The number of hydrogen-bond donors (Lipinski definition) is 1. The zero-order valence-corrected chi connectivity index (χ0v) is 15.9. The Bertz CT molecular complexity index is 811. The van der Waals surface area contributed by atoms with E-state index < -0.39 is 0 Å². The number of ether oxygens (including phenoxy) is 1. The number of benzene rings is 1. The average molecular weight is 371 g/mol. The summed E-state index contributed by atoms with van der Waals surface area (Å²) in [5, 5.41) is 7.06. The fourth-order valence-corrected chi connectivity index (χ4v) is 3.63. The SMILES string of the molecule is CCOC(=O)CNc1ccccc1C(=O)N1CCC[C@@H]1c1c(C)noc1C. The van der Waals surface area contributed by atoms with Crippen molar-refractivity contribution in [2.75, 3.05) is 25.0 Å². The van der Waals surface area contributed by atoms with E-state index >= 15 is 0 Å². The molecule has 0 unspecified atom stereocenters. The van der Waals surface area contributed by atoms with Crippen LogP contribution in [0.15, 0.2) is 28.8 Å². The molecule has 0 aliphatic carbocycles. The van der Waals surface area contributed by atoms with Gasteiger partial charge in [-0.25, -0.2) is 0 Å².